The number of carbonyl (C=O) groups excluding carboxylic acids is 1. The molecule has 0 aliphatic heterocycles. The Balaban J connectivity index is 2.50. The van der Waals surface area contributed by atoms with Gasteiger partial charge in [0, 0.05) is 6.42 Å². The number of hydrogen-bond donors (Lipinski definition) is 2. The van der Waals surface area contributed by atoms with Gasteiger partial charge in [-0.1, -0.05) is 45.0 Å². The molecule has 0 saturated carbocycles. The van der Waals surface area contributed by atoms with Crippen LogP contribution in [-0.2, 0) is 21.4 Å². The van der Waals surface area contributed by atoms with Crippen molar-refractivity contribution in [3.05, 3.63) is 35.4 Å². The van der Waals surface area contributed by atoms with E-state index in [0.717, 1.165) is 5.56 Å². The molecule has 0 heterocycles. The number of carboxylic acid groups (broad SMARTS) is 1. The van der Waals surface area contributed by atoms with Gasteiger partial charge in [-0.05, 0) is 29.9 Å². The molecule has 1 aromatic rings. The van der Waals surface area contributed by atoms with E-state index >= 15 is 0 Å². The van der Waals surface area contributed by atoms with Crippen LogP contribution >= 0.6 is 0 Å². The van der Waals surface area contributed by atoms with Crippen LogP contribution < -0.4 is 5.32 Å². The van der Waals surface area contributed by atoms with Crippen molar-refractivity contribution in [1.29, 1.82) is 0 Å². The SMILES string of the molecule is C[C@H](NC(=O)CCc1ccc(C(C)(C)C)cc1)C(=O)O. The third kappa shape index (κ3) is 5.03. The van der Waals surface area contributed by atoms with Crippen LogP contribution in [0.4, 0.5) is 0 Å². The summed E-state index contributed by atoms with van der Waals surface area (Å²) in [5.41, 5.74) is 2.45. The van der Waals surface area contributed by atoms with Crippen LogP contribution in [0.25, 0.3) is 0 Å². The van der Waals surface area contributed by atoms with E-state index in [2.05, 4.69) is 38.2 Å². The first-order valence-corrected chi connectivity index (χ1v) is 6.82. The number of nitrogens with one attached hydrogen (secondary N) is 1. The maximum absolute atomic E-state index is 11.6. The second-order valence-corrected chi connectivity index (χ2v) is 6.07. The zero-order valence-electron chi connectivity index (χ0n) is 12.6. The smallest absolute Gasteiger partial charge is 0.325 e. The van der Waals surface area contributed by atoms with Gasteiger partial charge < -0.3 is 10.4 Å². The number of benzene rings is 1. The first-order valence-electron chi connectivity index (χ1n) is 6.82. The fourth-order valence-corrected chi connectivity index (χ4v) is 1.80. The third-order valence-corrected chi connectivity index (χ3v) is 3.21. The maximum atomic E-state index is 11.6. The van der Waals surface area contributed by atoms with Crippen molar-refractivity contribution in [1.82, 2.24) is 5.32 Å². The molecule has 1 aromatic carbocycles. The highest BCUT2D eigenvalue weighted by Crippen LogP contribution is 2.22. The molecule has 1 amide bonds. The van der Waals surface area contributed by atoms with Gasteiger partial charge in [0.05, 0.1) is 0 Å². The molecule has 0 unspecified atom stereocenters. The van der Waals surface area contributed by atoms with E-state index < -0.39 is 12.0 Å². The van der Waals surface area contributed by atoms with Gasteiger partial charge in [0.2, 0.25) is 5.91 Å². The fraction of sp³-hybridized carbons (Fsp3) is 0.500. The van der Waals surface area contributed by atoms with E-state index in [1.807, 2.05) is 12.1 Å². The number of amides is 1. The molecule has 0 aliphatic rings. The molecule has 4 nitrogen and oxygen atoms in total. The number of aliphatic carboxylic acids is 1. The van der Waals surface area contributed by atoms with Crippen molar-refractivity contribution in [2.75, 3.05) is 0 Å². The van der Waals surface area contributed by atoms with Gasteiger partial charge in [-0.25, -0.2) is 0 Å². The lowest BCUT2D eigenvalue weighted by Crippen LogP contribution is -2.38. The predicted octanol–water partition coefficient (Wildman–Crippen LogP) is 2.51. The Morgan fingerprint density at radius 3 is 2.20 bits per heavy atom. The van der Waals surface area contributed by atoms with E-state index in [0.29, 0.717) is 12.8 Å². The molecule has 0 spiro atoms. The average molecular weight is 277 g/mol. The minimum Gasteiger partial charge on any atom is -0.480 e. The third-order valence-electron chi connectivity index (χ3n) is 3.21. The molecule has 0 radical (unpaired) electrons. The van der Waals surface area contributed by atoms with Gasteiger partial charge in [-0.15, -0.1) is 0 Å². The Bertz CT molecular complexity index is 471. The van der Waals surface area contributed by atoms with Crippen molar-refractivity contribution in [2.45, 2.75) is 52.0 Å². The van der Waals surface area contributed by atoms with Gasteiger partial charge in [-0.3, -0.25) is 9.59 Å². The molecule has 0 aliphatic carbocycles. The lowest BCUT2D eigenvalue weighted by molar-refractivity contribution is -0.141. The highest BCUT2D eigenvalue weighted by molar-refractivity contribution is 5.83. The molecule has 4 heteroatoms. The molecular weight excluding hydrogens is 254 g/mol. The normalized spacial score (nSPS) is 12.8. The maximum Gasteiger partial charge on any atom is 0.325 e. The summed E-state index contributed by atoms with van der Waals surface area (Å²) in [6.07, 6.45) is 0.912. The molecule has 0 aromatic heterocycles. The van der Waals surface area contributed by atoms with E-state index in [4.69, 9.17) is 5.11 Å². The topological polar surface area (TPSA) is 66.4 Å². The summed E-state index contributed by atoms with van der Waals surface area (Å²) in [5.74, 6) is -1.26. The molecule has 0 saturated heterocycles. The van der Waals surface area contributed by atoms with Gasteiger partial charge >= 0.3 is 5.97 Å². The van der Waals surface area contributed by atoms with Crippen LogP contribution in [0.1, 0.15) is 45.2 Å². The predicted molar refractivity (Wildman–Crippen MR) is 78.7 cm³/mol. The van der Waals surface area contributed by atoms with Crippen LogP contribution in [-0.4, -0.2) is 23.0 Å². The molecule has 20 heavy (non-hydrogen) atoms. The van der Waals surface area contributed by atoms with E-state index in [9.17, 15) is 9.59 Å². The van der Waals surface area contributed by atoms with E-state index in [1.165, 1.54) is 12.5 Å². The van der Waals surface area contributed by atoms with E-state index in [-0.39, 0.29) is 11.3 Å². The van der Waals surface area contributed by atoms with Crippen molar-refractivity contribution >= 4 is 11.9 Å². The monoisotopic (exact) mass is 277 g/mol. The second-order valence-electron chi connectivity index (χ2n) is 6.07. The Kier molecular flexibility index (Phi) is 5.31. The van der Waals surface area contributed by atoms with Crippen molar-refractivity contribution in [2.24, 2.45) is 0 Å². The average Bonchev–Trinajstić information content (AvgIpc) is 2.35. The summed E-state index contributed by atoms with van der Waals surface area (Å²) < 4.78 is 0. The summed E-state index contributed by atoms with van der Waals surface area (Å²) in [5, 5.41) is 11.2. The highest BCUT2D eigenvalue weighted by Gasteiger charge is 2.14. The van der Waals surface area contributed by atoms with Crippen LogP contribution in [0.15, 0.2) is 24.3 Å². The summed E-state index contributed by atoms with van der Waals surface area (Å²) in [7, 11) is 0. The minimum atomic E-state index is -1.02. The number of aryl methyl sites for hydroxylation is 1. The summed E-state index contributed by atoms with van der Waals surface area (Å²) in [6.45, 7) is 7.92. The molecule has 0 fully saturated rings. The lowest BCUT2D eigenvalue weighted by atomic mass is 9.86. The highest BCUT2D eigenvalue weighted by atomic mass is 16.4. The molecule has 2 N–H and O–H groups in total. The van der Waals surface area contributed by atoms with Gasteiger partial charge in [-0.2, -0.15) is 0 Å². The number of carbonyl (C=O) groups is 2. The van der Waals surface area contributed by atoms with E-state index in [1.54, 1.807) is 0 Å². The van der Waals surface area contributed by atoms with Gasteiger partial charge in [0.25, 0.3) is 0 Å². The second kappa shape index (κ2) is 6.55. The fourth-order valence-electron chi connectivity index (χ4n) is 1.80. The largest absolute Gasteiger partial charge is 0.480 e. The quantitative estimate of drug-likeness (QED) is 0.869. The Morgan fingerprint density at radius 2 is 1.75 bits per heavy atom. The Hall–Kier alpha value is -1.84. The molecule has 110 valence electrons. The summed E-state index contributed by atoms with van der Waals surface area (Å²) in [4.78, 5) is 22.2. The molecule has 1 rings (SSSR count). The van der Waals surface area contributed by atoms with Crippen LogP contribution in [0.3, 0.4) is 0 Å². The lowest BCUT2D eigenvalue weighted by Gasteiger charge is -2.19. The molecular formula is C16H23NO3. The summed E-state index contributed by atoms with van der Waals surface area (Å²) >= 11 is 0. The Morgan fingerprint density at radius 1 is 1.20 bits per heavy atom. The number of carboxylic acids is 1. The van der Waals surface area contributed by atoms with Crippen LogP contribution in [0.5, 0.6) is 0 Å². The van der Waals surface area contributed by atoms with Crippen LogP contribution in [0, 0.1) is 0 Å². The molecule has 0 bridgehead atoms. The van der Waals surface area contributed by atoms with Crippen molar-refractivity contribution < 1.29 is 14.7 Å². The van der Waals surface area contributed by atoms with Crippen LogP contribution in [0.2, 0.25) is 0 Å². The number of hydrogen-bond acceptors (Lipinski definition) is 2. The first-order chi connectivity index (χ1) is 9.20. The van der Waals surface area contributed by atoms with Crippen molar-refractivity contribution in [3.63, 3.8) is 0 Å². The van der Waals surface area contributed by atoms with Gasteiger partial charge in [0.15, 0.2) is 0 Å². The Labute approximate surface area is 120 Å². The summed E-state index contributed by atoms with van der Waals surface area (Å²) in [6, 6.07) is 7.36. The molecule has 1 atom stereocenters. The number of rotatable bonds is 5. The minimum absolute atomic E-state index is 0.118. The first kappa shape index (κ1) is 16.2. The zero-order chi connectivity index (χ0) is 15.3. The van der Waals surface area contributed by atoms with Gasteiger partial charge in [0.1, 0.15) is 6.04 Å². The van der Waals surface area contributed by atoms with Crippen molar-refractivity contribution in [3.8, 4) is 0 Å². The standard InChI is InChI=1S/C16H23NO3/c1-11(15(19)20)17-14(18)10-7-12-5-8-13(9-6-12)16(2,3)4/h5-6,8-9,11H,7,10H2,1-4H3,(H,17,18)(H,19,20)/t11-/m0/s1. The zero-order valence-corrected chi connectivity index (χ0v) is 12.6.